The smallest absolute Gasteiger partial charge is 0.341 e. The van der Waals surface area contributed by atoms with Crippen molar-refractivity contribution in [1.82, 2.24) is 5.27 Å². The zero-order chi connectivity index (χ0) is 20.3. The lowest BCUT2D eigenvalue weighted by Crippen LogP contribution is -2.34. The number of nitrogens with one attached hydrogen (secondary N) is 1. The lowest BCUT2D eigenvalue weighted by atomic mass is 10.1. The lowest BCUT2D eigenvalue weighted by Gasteiger charge is -2.13. The van der Waals surface area contributed by atoms with Gasteiger partial charge in [-0.3, -0.25) is 4.79 Å². The predicted octanol–water partition coefficient (Wildman–Crippen LogP) is 2.20. The normalized spacial score (nSPS) is 14.8. The van der Waals surface area contributed by atoms with Gasteiger partial charge < -0.3 is 19.7 Å². The summed E-state index contributed by atoms with van der Waals surface area (Å²) in [5, 5.41) is 18.5. The number of hydrogen-bond donors (Lipinski definition) is 1. The molecular formula is C18H23N3O5S2. The van der Waals surface area contributed by atoms with Crippen molar-refractivity contribution in [2.75, 3.05) is 12.4 Å². The lowest BCUT2D eigenvalue weighted by molar-refractivity contribution is -0.772. The minimum atomic E-state index is -0.572. The van der Waals surface area contributed by atoms with E-state index in [1.807, 2.05) is 6.92 Å². The van der Waals surface area contributed by atoms with Crippen LogP contribution in [0.4, 0.5) is 5.00 Å². The molecule has 0 bridgehead atoms. The number of methoxy groups -OCH3 is 1. The summed E-state index contributed by atoms with van der Waals surface area (Å²) >= 11 is 2.55. The van der Waals surface area contributed by atoms with E-state index in [0.717, 1.165) is 54.3 Å². The van der Waals surface area contributed by atoms with E-state index in [1.54, 1.807) is 7.05 Å². The van der Waals surface area contributed by atoms with Crippen LogP contribution in [0.2, 0.25) is 0 Å². The number of amides is 1. The fraction of sp³-hybridized carbons (Fsp3) is 0.556. The van der Waals surface area contributed by atoms with Crippen LogP contribution in [-0.2, 0) is 29.4 Å². The van der Waals surface area contributed by atoms with E-state index in [9.17, 15) is 14.7 Å². The van der Waals surface area contributed by atoms with E-state index in [0.29, 0.717) is 17.0 Å². The van der Waals surface area contributed by atoms with Crippen LogP contribution in [0.15, 0.2) is 9.55 Å². The van der Waals surface area contributed by atoms with E-state index in [2.05, 4.69) is 15.1 Å². The molecule has 10 heteroatoms. The Morgan fingerprint density at radius 2 is 2.14 bits per heavy atom. The summed E-state index contributed by atoms with van der Waals surface area (Å²) in [4.78, 5) is 26.4. The van der Waals surface area contributed by atoms with Crippen LogP contribution < -0.4 is 15.1 Å². The molecule has 28 heavy (non-hydrogen) atoms. The van der Waals surface area contributed by atoms with Crippen molar-refractivity contribution in [1.29, 1.82) is 0 Å². The second kappa shape index (κ2) is 8.95. The molecule has 1 unspecified atom stereocenters. The summed E-state index contributed by atoms with van der Waals surface area (Å²) in [6.07, 6.45) is 5.44. The highest BCUT2D eigenvalue weighted by Gasteiger charge is 2.30. The molecule has 0 fully saturated rings. The summed E-state index contributed by atoms with van der Waals surface area (Å²) in [5.74, 6) is -1.27. The van der Waals surface area contributed by atoms with Crippen molar-refractivity contribution in [2.45, 2.75) is 55.7 Å². The number of fused-ring (bicyclic) bond motifs is 1. The average molecular weight is 426 g/mol. The summed E-state index contributed by atoms with van der Waals surface area (Å²) < 4.78 is 10.9. The van der Waals surface area contributed by atoms with Gasteiger partial charge in [0.15, 0.2) is 13.0 Å². The number of ether oxygens (including phenoxy) is 1. The Morgan fingerprint density at radius 1 is 1.39 bits per heavy atom. The van der Waals surface area contributed by atoms with Crippen molar-refractivity contribution < 1.29 is 28.6 Å². The highest BCUT2D eigenvalue weighted by atomic mass is 32.2. The summed E-state index contributed by atoms with van der Waals surface area (Å²) in [6.45, 7) is 1.86. The van der Waals surface area contributed by atoms with Crippen LogP contribution in [0.25, 0.3) is 0 Å². The van der Waals surface area contributed by atoms with Crippen LogP contribution in [-0.4, -0.2) is 29.5 Å². The van der Waals surface area contributed by atoms with E-state index in [1.165, 1.54) is 23.1 Å². The Hall–Kier alpha value is -2.07. The number of carbonyl (C=O) groups excluding carboxylic acids is 2. The molecule has 0 radical (unpaired) electrons. The summed E-state index contributed by atoms with van der Waals surface area (Å²) in [7, 11) is 2.94. The van der Waals surface area contributed by atoms with Crippen LogP contribution in [0.3, 0.4) is 0 Å². The SMILES string of the molecule is CCC(Sc1c([O-])on[n+]1C)C(=O)Nc1sc2c(c1C(=O)OC)CCCCC2. The van der Waals surface area contributed by atoms with Gasteiger partial charge in [-0.25, -0.2) is 4.79 Å². The molecule has 152 valence electrons. The number of esters is 1. The predicted molar refractivity (Wildman–Crippen MR) is 103 cm³/mol. The molecule has 1 atom stereocenters. The van der Waals surface area contributed by atoms with Gasteiger partial charge >= 0.3 is 5.97 Å². The Kier molecular flexibility index (Phi) is 6.61. The molecule has 3 rings (SSSR count). The molecule has 1 N–H and O–H groups in total. The van der Waals surface area contributed by atoms with Gasteiger partial charge in [-0.15, -0.1) is 11.3 Å². The molecule has 0 spiro atoms. The molecular weight excluding hydrogens is 402 g/mol. The zero-order valence-corrected chi connectivity index (χ0v) is 17.7. The van der Waals surface area contributed by atoms with Crippen LogP contribution in [0.5, 0.6) is 5.95 Å². The van der Waals surface area contributed by atoms with Crippen LogP contribution in [0, 0.1) is 0 Å². The first-order chi connectivity index (χ1) is 13.5. The van der Waals surface area contributed by atoms with Gasteiger partial charge in [-0.1, -0.05) is 18.0 Å². The van der Waals surface area contributed by atoms with Gasteiger partial charge in [0.05, 0.1) is 23.2 Å². The van der Waals surface area contributed by atoms with Gasteiger partial charge in [-0.2, -0.15) is 0 Å². The maximum atomic E-state index is 12.9. The Morgan fingerprint density at radius 3 is 2.79 bits per heavy atom. The van der Waals surface area contributed by atoms with Gasteiger partial charge in [0.1, 0.15) is 5.00 Å². The number of anilines is 1. The summed E-state index contributed by atoms with van der Waals surface area (Å²) in [5.41, 5.74) is 1.47. The minimum Gasteiger partial charge on any atom is -0.538 e. The first-order valence-corrected chi connectivity index (χ1v) is 10.9. The zero-order valence-electron chi connectivity index (χ0n) is 16.1. The molecule has 2 heterocycles. The third-order valence-corrected chi connectivity index (χ3v) is 7.37. The van der Waals surface area contributed by atoms with Crippen molar-refractivity contribution in [3.05, 3.63) is 16.0 Å². The third-order valence-electron chi connectivity index (χ3n) is 4.68. The monoisotopic (exact) mass is 425 g/mol. The fourth-order valence-corrected chi connectivity index (χ4v) is 5.43. The fourth-order valence-electron chi connectivity index (χ4n) is 3.23. The number of rotatable bonds is 6. The Labute approximate surface area is 171 Å². The number of hydrogen-bond acceptors (Lipinski definition) is 8. The maximum absolute atomic E-state index is 12.9. The molecule has 0 aromatic carbocycles. The van der Waals surface area contributed by atoms with E-state index in [-0.39, 0.29) is 10.9 Å². The first-order valence-electron chi connectivity index (χ1n) is 9.19. The van der Waals surface area contributed by atoms with Crippen molar-refractivity contribution in [3.8, 4) is 5.95 Å². The van der Waals surface area contributed by atoms with E-state index >= 15 is 0 Å². The van der Waals surface area contributed by atoms with Crippen LogP contribution in [0.1, 0.15) is 53.4 Å². The molecule has 2 aromatic rings. The number of thiophene rings is 1. The second-order valence-electron chi connectivity index (χ2n) is 6.55. The van der Waals surface area contributed by atoms with Crippen LogP contribution >= 0.6 is 23.1 Å². The summed E-state index contributed by atoms with van der Waals surface area (Å²) in [6, 6.07) is 0. The first kappa shape index (κ1) is 20.7. The van der Waals surface area contributed by atoms with Crippen molar-refractivity contribution in [3.63, 3.8) is 0 Å². The molecule has 0 saturated heterocycles. The largest absolute Gasteiger partial charge is 0.538 e. The molecule has 1 aliphatic rings. The van der Waals surface area contributed by atoms with Gasteiger partial charge in [0.25, 0.3) is 5.03 Å². The van der Waals surface area contributed by atoms with E-state index < -0.39 is 17.2 Å². The topological polar surface area (TPSA) is 108 Å². The number of thioether (sulfide) groups is 1. The van der Waals surface area contributed by atoms with Crippen molar-refractivity contribution >= 4 is 40.0 Å². The second-order valence-corrected chi connectivity index (χ2v) is 8.85. The number of aryl methyl sites for hydroxylation is 2. The maximum Gasteiger partial charge on any atom is 0.341 e. The number of aromatic nitrogens is 2. The Bertz CT molecular complexity index is 857. The average Bonchev–Trinajstić information content (AvgIpc) is 3.08. The van der Waals surface area contributed by atoms with Gasteiger partial charge in [0, 0.05) is 4.88 Å². The standard InChI is InChI=1S/C18H23N3O5S2/c1-4-11(28-16-18(24)26-20-21(16)2)14(22)19-15-13(17(23)25-3)10-8-6-5-7-9-12(10)27-15/h11H,4-9H2,1-3H3,(H-,19,20,22,23,24). The molecule has 8 nitrogen and oxygen atoms in total. The molecule has 1 aliphatic carbocycles. The van der Waals surface area contributed by atoms with Crippen molar-refractivity contribution in [2.24, 2.45) is 7.05 Å². The van der Waals surface area contributed by atoms with Gasteiger partial charge in [-0.05, 0) is 49.4 Å². The highest BCUT2D eigenvalue weighted by Crippen LogP contribution is 2.38. The third kappa shape index (κ3) is 4.17. The minimum absolute atomic E-state index is 0.261. The van der Waals surface area contributed by atoms with E-state index in [4.69, 9.17) is 4.74 Å². The molecule has 0 aliphatic heterocycles. The molecule has 0 saturated carbocycles. The quantitative estimate of drug-likeness (QED) is 0.327. The molecule has 2 aromatic heterocycles. The Balaban J connectivity index is 1.85. The highest BCUT2D eigenvalue weighted by molar-refractivity contribution is 8.00. The number of nitrogens with zero attached hydrogens (tertiary/aromatic N) is 2. The molecule has 1 amide bonds. The number of carbonyl (C=O) groups is 2. The van der Waals surface area contributed by atoms with Gasteiger partial charge in [0.2, 0.25) is 5.91 Å².